The summed E-state index contributed by atoms with van der Waals surface area (Å²) in [4.78, 5) is 15.2. The van der Waals surface area contributed by atoms with E-state index in [9.17, 15) is 4.79 Å². The molecule has 0 aromatic heterocycles. The van der Waals surface area contributed by atoms with Crippen molar-refractivity contribution in [2.75, 3.05) is 19.0 Å². The summed E-state index contributed by atoms with van der Waals surface area (Å²) in [5.41, 5.74) is 5.01. The smallest absolute Gasteiger partial charge is 0.192 e. The third kappa shape index (κ3) is 3.78. The minimum absolute atomic E-state index is 0.108. The maximum absolute atomic E-state index is 13.1. The summed E-state index contributed by atoms with van der Waals surface area (Å²) in [5, 5.41) is 1.19. The molecule has 0 fully saturated rings. The standard InChI is InChI=1S/C23H24NOSi/c1-24(2)20-14-15-21(22(16-20)26(3)4)23(25)19-12-10-18(11-13-19)17-8-6-5-7-9-17/h5-16H,1-4H3. The first-order valence-corrected chi connectivity index (χ1v) is 11.3. The van der Waals surface area contributed by atoms with Crippen LogP contribution in [0.5, 0.6) is 0 Å². The molecule has 3 rings (SSSR count). The van der Waals surface area contributed by atoms with E-state index in [1.54, 1.807) is 0 Å². The molecule has 0 saturated carbocycles. The number of carbonyl (C=O) groups is 1. The maximum Gasteiger partial charge on any atom is 0.192 e. The Morgan fingerprint density at radius 1 is 0.808 bits per heavy atom. The van der Waals surface area contributed by atoms with Crippen LogP contribution >= 0.6 is 0 Å². The molecule has 0 amide bonds. The van der Waals surface area contributed by atoms with Crippen molar-refractivity contribution in [2.45, 2.75) is 13.1 Å². The predicted octanol–water partition coefficient (Wildman–Crippen LogP) is 4.61. The van der Waals surface area contributed by atoms with Crippen molar-refractivity contribution < 1.29 is 4.79 Å². The van der Waals surface area contributed by atoms with Crippen molar-refractivity contribution in [3.63, 3.8) is 0 Å². The molecule has 0 aliphatic rings. The van der Waals surface area contributed by atoms with Crippen molar-refractivity contribution in [3.8, 4) is 11.1 Å². The van der Waals surface area contributed by atoms with Gasteiger partial charge in [0.15, 0.2) is 5.78 Å². The van der Waals surface area contributed by atoms with E-state index in [-0.39, 0.29) is 5.78 Å². The molecule has 3 aromatic carbocycles. The lowest BCUT2D eigenvalue weighted by Gasteiger charge is -2.18. The molecule has 2 nitrogen and oxygen atoms in total. The summed E-state index contributed by atoms with van der Waals surface area (Å²) in [5.74, 6) is 0.108. The van der Waals surface area contributed by atoms with Gasteiger partial charge in [0.1, 0.15) is 0 Å². The quantitative estimate of drug-likeness (QED) is 0.490. The lowest BCUT2D eigenvalue weighted by Crippen LogP contribution is -2.30. The van der Waals surface area contributed by atoms with Gasteiger partial charge in [-0.3, -0.25) is 4.79 Å². The first-order valence-electron chi connectivity index (χ1n) is 8.79. The van der Waals surface area contributed by atoms with Gasteiger partial charge in [0.25, 0.3) is 0 Å². The van der Waals surface area contributed by atoms with Gasteiger partial charge in [-0.15, -0.1) is 0 Å². The monoisotopic (exact) mass is 358 g/mol. The Morgan fingerprint density at radius 3 is 2.00 bits per heavy atom. The lowest BCUT2D eigenvalue weighted by atomic mass is 9.99. The van der Waals surface area contributed by atoms with Gasteiger partial charge >= 0.3 is 0 Å². The molecule has 0 aliphatic carbocycles. The Bertz CT molecular complexity index is 899. The topological polar surface area (TPSA) is 20.3 Å². The Hall–Kier alpha value is -2.65. The summed E-state index contributed by atoms with van der Waals surface area (Å²) in [6.45, 7) is 4.46. The number of rotatable bonds is 5. The second kappa shape index (κ2) is 7.71. The molecule has 0 N–H and O–H groups in total. The Labute approximate surface area is 157 Å². The SMILES string of the molecule is CN(C)c1ccc(C(=O)c2ccc(-c3ccccc3)cc2)c([Si](C)C)c1. The Balaban J connectivity index is 1.94. The summed E-state index contributed by atoms with van der Waals surface area (Å²) < 4.78 is 0. The zero-order chi connectivity index (χ0) is 18.7. The van der Waals surface area contributed by atoms with Crippen molar-refractivity contribution in [1.82, 2.24) is 0 Å². The van der Waals surface area contributed by atoms with E-state index in [0.717, 1.165) is 27.9 Å². The second-order valence-electron chi connectivity index (χ2n) is 6.90. The summed E-state index contributed by atoms with van der Waals surface area (Å²) in [6, 6.07) is 24.3. The highest BCUT2D eigenvalue weighted by molar-refractivity contribution is 6.72. The van der Waals surface area contributed by atoms with Gasteiger partial charge in [-0.05, 0) is 34.5 Å². The van der Waals surface area contributed by atoms with E-state index in [0.29, 0.717) is 0 Å². The van der Waals surface area contributed by atoms with Gasteiger partial charge in [0.2, 0.25) is 0 Å². The molecule has 0 saturated heterocycles. The van der Waals surface area contributed by atoms with E-state index >= 15 is 0 Å². The predicted molar refractivity (Wildman–Crippen MR) is 113 cm³/mol. The van der Waals surface area contributed by atoms with Crippen LogP contribution in [0.25, 0.3) is 11.1 Å². The first kappa shape index (κ1) is 18.1. The Kier molecular flexibility index (Phi) is 5.38. The van der Waals surface area contributed by atoms with Gasteiger partial charge in [-0.2, -0.15) is 0 Å². The van der Waals surface area contributed by atoms with Crippen LogP contribution in [-0.4, -0.2) is 28.7 Å². The van der Waals surface area contributed by atoms with Crippen molar-refractivity contribution in [3.05, 3.63) is 83.9 Å². The van der Waals surface area contributed by atoms with E-state index < -0.39 is 8.80 Å². The normalized spacial score (nSPS) is 10.8. The van der Waals surface area contributed by atoms with Gasteiger partial charge in [-0.1, -0.05) is 67.7 Å². The number of hydrogen-bond acceptors (Lipinski definition) is 2. The van der Waals surface area contributed by atoms with Gasteiger partial charge in [0, 0.05) is 30.9 Å². The second-order valence-corrected chi connectivity index (χ2v) is 9.44. The fraction of sp³-hybridized carbons (Fsp3) is 0.174. The summed E-state index contributed by atoms with van der Waals surface area (Å²) in [6.07, 6.45) is 0. The van der Waals surface area contributed by atoms with Crippen molar-refractivity contribution in [1.29, 1.82) is 0 Å². The highest BCUT2D eigenvalue weighted by Crippen LogP contribution is 2.21. The number of hydrogen-bond donors (Lipinski definition) is 0. The van der Waals surface area contributed by atoms with Crippen LogP contribution in [0.4, 0.5) is 5.69 Å². The van der Waals surface area contributed by atoms with Crippen LogP contribution in [0.3, 0.4) is 0 Å². The molecule has 0 spiro atoms. The molecule has 1 radical (unpaired) electrons. The average molecular weight is 359 g/mol. The molecule has 0 unspecified atom stereocenters. The fourth-order valence-corrected chi connectivity index (χ4v) is 4.19. The molecule has 0 atom stereocenters. The average Bonchev–Trinajstić information content (AvgIpc) is 2.67. The molecular formula is C23H24NOSi. The maximum atomic E-state index is 13.1. The minimum Gasteiger partial charge on any atom is -0.378 e. The van der Waals surface area contributed by atoms with E-state index in [4.69, 9.17) is 0 Å². The number of carbonyl (C=O) groups excluding carboxylic acids is 1. The Morgan fingerprint density at radius 2 is 1.42 bits per heavy atom. The zero-order valence-electron chi connectivity index (χ0n) is 15.8. The molecule has 0 heterocycles. The molecule has 0 bridgehead atoms. The van der Waals surface area contributed by atoms with E-state index in [1.807, 2.05) is 68.7 Å². The largest absolute Gasteiger partial charge is 0.378 e. The third-order valence-corrected chi connectivity index (χ3v) is 6.05. The minimum atomic E-state index is -0.747. The van der Waals surface area contributed by atoms with Crippen LogP contribution in [-0.2, 0) is 0 Å². The van der Waals surface area contributed by atoms with Crippen LogP contribution in [0.15, 0.2) is 72.8 Å². The molecular weight excluding hydrogens is 334 g/mol. The third-order valence-electron chi connectivity index (χ3n) is 4.56. The van der Waals surface area contributed by atoms with Crippen LogP contribution in [0.1, 0.15) is 15.9 Å². The van der Waals surface area contributed by atoms with Gasteiger partial charge in [-0.25, -0.2) is 0 Å². The highest BCUT2D eigenvalue weighted by atomic mass is 28.3. The number of nitrogens with zero attached hydrogens (tertiary/aromatic N) is 1. The molecule has 3 heteroatoms. The zero-order valence-corrected chi connectivity index (χ0v) is 16.8. The number of benzene rings is 3. The van der Waals surface area contributed by atoms with E-state index in [1.165, 1.54) is 5.19 Å². The first-order chi connectivity index (χ1) is 12.5. The van der Waals surface area contributed by atoms with Gasteiger partial charge < -0.3 is 4.90 Å². The fourth-order valence-electron chi connectivity index (χ4n) is 3.02. The van der Waals surface area contributed by atoms with Crippen LogP contribution in [0, 0.1) is 0 Å². The van der Waals surface area contributed by atoms with E-state index in [2.05, 4.69) is 36.2 Å². The van der Waals surface area contributed by atoms with Crippen molar-refractivity contribution >= 4 is 25.5 Å². The highest BCUT2D eigenvalue weighted by Gasteiger charge is 2.17. The summed E-state index contributed by atoms with van der Waals surface area (Å²) in [7, 11) is 3.31. The summed E-state index contributed by atoms with van der Waals surface area (Å²) >= 11 is 0. The number of ketones is 1. The molecule has 0 aliphatic heterocycles. The molecule has 26 heavy (non-hydrogen) atoms. The number of anilines is 1. The molecule has 131 valence electrons. The van der Waals surface area contributed by atoms with Crippen molar-refractivity contribution in [2.24, 2.45) is 0 Å². The molecule has 3 aromatic rings. The van der Waals surface area contributed by atoms with Gasteiger partial charge in [0.05, 0.1) is 8.80 Å². The van der Waals surface area contributed by atoms with Crippen LogP contribution in [0.2, 0.25) is 13.1 Å². The van der Waals surface area contributed by atoms with Crippen LogP contribution < -0.4 is 10.1 Å². The lowest BCUT2D eigenvalue weighted by molar-refractivity contribution is 0.104.